The SMILES string of the molecule is CCN[C@H](C)CNC(=O)c1cc(SC)ccc1Cl.Cl. The van der Waals surface area contributed by atoms with Crippen LogP contribution < -0.4 is 10.6 Å². The molecule has 6 heteroatoms. The van der Waals surface area contributed by atoms with E-state index in [1.165, 1.54) is 0 Å². The third kappa shape index (κ3) is 6.04. The summed E-state index contributed by atoms with van der Waals surface area (Å²) in [6.45, 7) is 5.55. The first-order valence-electron chi connectivity index (χ1n) is 5.93. The summed E-state index contributed by atoms with van der Waals surface area (Å²) < 4.78 is 0. The number of carbonyl (C=O) groups excluding carboxylic acids is 1. The molecule has 1 aromatic rings. The first-order valence-corrected chi connectivity index (χ1v) is 7.53. The zero-order valence-electron chi connectivity index (χ0n) is 11.3. The van der Waals surface area contributed by atoms with Crippen LogP contribution in [0, 0.1) is 0 Å². The molecule has 1 atom stereocenters. The second kappa shape index (κ2) is 9.48. The zero-order valence-corrected chi connectivity index (χ0v) is 13.7. The van der Waals surface area contributed by atoms with Gasteiger partial charge in [-0.25, -0.2) is 0 Å². The van der Waals surface area contributed by atoms with Gasteiger partial charge in [0.05, 0.1) is 10.6 Å². The van der Waals surface area contributed by atoms with E-state index in [1.807, 2.05) is 32.2 Å². The number of likely N-dealkylation sites (N-methyl/N-ethyl adjacent to an activating group) is 1. The molecule has 0 aliphatic rings. The number of hydrogen-bond donors (Lipinski definition) is 2. The summed E-state index contributed by atoms with van der Waals surface area (Å²) in [6, 6.07) is 5.74. The molecule has 0 heterocycles. The Morgan fingerprint density at radius 1 is 1.47 bits per heavy atom. The molecule has 0 fully saturated rings. The minimum atomic E-state index is -0.124. The highest BCUT2D eigenvalue weighted by Crippen LogP contribution is 2.22. The summed E-state index contributed by atoms with van der Waals surface area (Å²) in [6.07, 6.45) is 1.97. The Morgan fingerprint density at radius 3 is 2.74 bits per heavy atom. The molecular formula is C13H20Cl2N2OS. The predicted octanol–water partition coefficient (Wildman–Crippen LogP) is 3.21. The number of rotatable bonds is 6. The van der Waals surface area contributed by atoms with E-state index >= 15 is 0 Å². The van der Waals surface area contributed by atoms with Crippen LogP contribution in [0.5, 0.6) is 0 Å². The van der Waals surface area contributed by atoms with Crippen molar-refractivity contribution < 1.29 is 4.79 Å². The molecule has 1 aromatic carbocycles. The highest BCUT2D eigenvalue weighted by atomic mass is 35.5. The number of nitrogens with one attached hydrogen (secondary N) is 2. The van der Waals surface area contributed by atoms with E-state index in [1.54, 1.807) is 17.8 Å². The molecule has 1 rings (SSSR count). The number of halogens is 2. The van der Waals surface area contributed by atoms with E-state index in [4.69, 9.17) is 11.6 Å². The summed E-state index contributed by atoms with van der Waals surface area (Å²) in [7, 11) is 0. The van der Waals surface area contributed by atoms with Gasteiger partial charge in [0.1, 0.15) is 0 Å². The van der Waals surface area contributed by atoms with Crippen LogP contribution in [0.2, 0.25) is 5.02 Å². The van der Waals surface area contributed by atoms with Crippen LogP contribution in [-0.4, -0.2) is 31.3 Å². The first kappa shape index (κ1) is 18.6. The van der Waals surface area contributed by atoms with Gasteiger partial charge in [0.15, 0.2) is 0 Å². The van der Waals surface area contributed by atoms with E-state index in [-0.39, 0.29) is 24.4 Å². The maximum atomic E-state index is 12.0. The molecule has 0 aliphatic carbocycles. The molecule has 108 valence electrons. The standard InChI is InChI=1S/C13H19ClN2OS.ClH/c1-4-15-9(2)8-16-13(17)11-7-10(18-3)5-6-12(11)14;/h5-7,9,15H,4,8H2,1-3H3,(H,16,17);1H/t9-;/m1./s1. The molecule has 0 bridgehead atoms. The van der Waals surface area contributed by atoms with Crippen molar-refractivity contribution >= 4 is 41.7 Å². The maximum Gasteiger partial charge on any atom is 0.252 e. The Labute approximate surface area is 130 Å². The average Bonchev–Trinajstić information content (AvgIpc) is 2.37. The third-order valence-electron chi connectivity index (χ3n) is 2.54. The van der Waals surface area contributed by atoms with Crippen LogP contribution in [0.3, 0.4) is 0 Å². The Morgan fingerprint density at radius 2 is 2.16 bits per heavy atom. The van der Waals surface area contributed by atoms with Crippen LogP contribution in [0.4, 0.5) is 0 Å². The Kier molecular flexibility index (Phi) is 9.27. The van der Waals surface area contributed by atoms with Crippen molar-refractivity contribution in [2.75, 3.05) is 19.3 Å². The normalized spacial score (nSPS) is 11.6. The fraction of sp³-hybridized carbons (Fsp3) is 0.462. The van der Waals surface area contributed by atoms with Gasteiger partial charge in [0, 0.05) is 17.5 Å². The predicted molar refractivity (Wildman–Crippen MR) is 86.0 cm³/mol. The average molecular weight is 323 g/mol. The second-order valence-corrected chi connectivity index (χ2v) is 5.30. The van der Waals surface area contributed by atoms with Crippen molar-refractivity contribution in [1.29, 1.82) is 0 Å². The molecule has 0 saturated heterocycles. The molecule has 0 spiro atoms. The van der Waals surface area contributed by atoms with Crippen molar-refractivity contribution in [3.63, 3.8) is 0 Å². The van der Waals surface area contributed by atoms with Crippen LogP contribution >= 0.6 is 35.8 Å². The van der Waals surface area contributed by atoms with Crippen LogP contribution in [-0.2, 0) is 0 Å². The lowest BCUT2D eigenvalue weighted by atomic mass is 10.2. The smallest absolute Gasteiger partial charge is 0.252 e. The van der Waals surface area contributed by atoms with Gasteiger partial charge < -0.3 is 10.6 Å². The van der Waals surface area contributed by atoms with Gasteiger partial charge in [-0.05, 0) is 37.9 Å². The van der Waals surface area contributed by atoms with Crippen molar-refractivity contribution in [1.82, 2.24) is 10.6 Å². The van der Waals surface area contributed by atoms with Crippen molar-refractivity contribution in [3.8, 4) is 0 Å². The molecule has 0 aliphatic heterocycles. The van der Waals surface area contributed by atoms with Gasteiger partial charge in [0.2, 0.25) is 0 Å². The molecule has 0 unspecified atom stereocenters. The maximum absolute atomic E-state index is 12.0. The van der Waals surface area contributed by atoms with E-state index in [2.05, 4.69) is 10.6 Å². The van der Waals surface area contributed by atoms with Gasteiger partial charge in [0.25, 0.3) is 5.91 Å². The van der Waals surface area contributed by atoms with E-state index in [0.717, 1.165) is 11.4 Å². The highest BCUT2D eigenvalue weighted by molar-refractivity contribution is 7.98. The Hall–Kier alpha value is -0.420. The topological polar surface area (TPSA) is 41.1 Å². The molecular weight excluding hydrogens is 303 g/mol. The summed E-state index contributed by atoms with van der Waals surface area (Å²) in [5, 5.41) is 6.61. The number of thioether (sulfide) groups is 1. The fourth-order valence-electron chi connectivity index (χ4n) is 1.57. The van der Waals surface area contributed by atoms with Crippen LogP contribution in [0.15, 0.2) is 23.1 Å². The molecule has 0 aromatic heterocycles. The summed E-state index contributed by atoms with van der Waals surface area (Å²) in [4.78, 5) is 13.0. The summed E-state index contributed by atoms with van der Waals surface area (Å²) >= 11 is 7.63. The van der Waals surface area contributed by atoms with Crippen molar-refractivity contribution in [3.05, 3.63) is 28.8 Å². The van der Waals surface area contributed by atoms with Gasteiger partial charge in [-0.1, -0.05) is 18.5 Å². The quantitative estimate of drug-likeness (QED) is 0.790. The Bertz CT molecular complexity index is 416. The lowest BCUT2D eigenvalue weighted by molar-refractivity contribution is 0.0950. The third-order valence-corrected chi connectivity index (χ3v) is 3.59. The minimum absolute atomic E-state index is 0. The second-order valence-electron chi connectivity index (χ2n) is 4.01. The van der Waals surface area contributed by atoms with E-state index < -0.39 is 0 Å². The lowest BCUT2D eigenvalue weighted by Crippen LogP contribution is -2.38. The van der Waals surface area contributed by atoms with Crippen LogP contribution in [0.25, 0.3) is 0 Å². The van der Waals surface area contributed by atoms with Gasteiger partial charge in [-0.2, -0.15) is 0 Å². The summed E-state index contributed by atoms with van der Waals surface area (Å²) in [5.41, 5.74) is 0.534. The lowest BCUT2D eigenvalue weighted by Gasteiger charge is -2.14. The number of amides is 1. The molecule has 0 radical (unpaired) electrons. The van der Waals surface area contributed by atoms with Crippen molar-refractivity contribution in [2.45, 2.75) is 24.8 Å². The highest BCUT2D eigenvalue weighted by Gasteiger charge is 2.11. The van der Waals surface area contributed by atoms with E-state index in [0.29, 0.717) is 17.1 Å². The largest absolute Gasteiger partial charge is 0.350 e. The minimum Gasteiger partial charge on any atom is -0.350 e. The fourth-order valence-corrected chi connectivity index (χ4v) is 2.21. The van der Waals surface area contributed by atoms with E-state index in [9.17, 15) is 4.79 Å². The molecule has 2 N–H and O–H groups in total. The molecule has 1 amide bonds. The molecule has 19 heavy (non-hydrogen) atoms. The summed E-state index contributed by atoms with van der Waals surface area (Å²) in [5.74, 6) is -0.124. The number of hydrogen-bond acceptors (Lipinski definition) is 3. The first-order chi connectivity index (χ1) is 8.58. The monoisotopic (exact) mass is 322 g/mol. The van der Waals surface area contributed by atoms with Gasteiger partial charge >= 0.3 is 0 Å². The number of benzene rings is 1. The Balaban J connectivity index is 0.00000324. The van der Waals surface area contributed by atoms with Gasteiger partial charge in [-0.15, -0.1) is 24.2 Å². The molecule has 0 saturated carbocycles. The van der Waals surface area contributed by atoms with Gasteiger partial charge in [-0.3, -0.25) is 4.79 Å². The number of carbonyl (C=O) groups is 1. The molecule has 3 nitrogen and oxygen atoms in total. The van der Waals surface area contributed by atoms with Crippen molar-refractivity contribution in [2.24, 2.45) is 0 Å². The van der Waals surface area contributed by atoms with Crippen LogP contribution in [0.1, 0.15) is 24.2 Å². The zero-order chi connectivity index (χ0) is 13.5.